The summed E-state index contributed by atoms with van der Waals surface area (Å²) >= 11 is 0. The Morgan fingerprint density at radius 2 is 0.912 bits per heavy atom. The molecular formula is C55H40N2. The summed E-state index contributed by atoms with van der Waals surface area (Å²) in [5.41, 5.74) is 17.0. The first-order valence-electron chi connectivity index (χ1n) is 19.9. The van der Waals surface area contributed by atoms with Gasteiger partial charge in [-0.2, -0.15) is 0 Å². The highest BCUT2D eigenvalue weighted by atomic mass is 15.1. The van der Waals surface area contributed by atoms with Crippen LogP contribution in [0.3, 0.4) is 0 Å². The summed E-state index contributed by atoms with van der Waals surface area (Å²) in [6.45, 7) is 4.73. The fourth-order valence-corrected chi connectivity index (χ4v) is 9.49. The maximum Gasteiger partial charge on any atom is 0.0562 e. The van der Waals surface area contributed by atoms with Gasteiger partial charge in [0.15, 0.2) is 0 Å². The van der Waals surface area contributed by atoms with Crippen molar-refractivity contribution in [3.05, 3.63) is 217 Å². The van der Waals surface area contributed by atoms with Gasteiger partial charge >= 0.3 is 0 Å². The number of anilines is 3. The zero-order valence-corrected chi connectivity index (χ0v) is 32.0. The maximum atomic E-state index is 2.48. The molecule has 0 bridgehead atoms. The number of rotatable bonds is 6. The van der Waals surface area contributed by atoms with Gasteiger partial charge in [0.25, 0.3) is 0 Å². The van der Waals surface area contributed by atoms with E-state index in [1.807, 2.05) is 0 Å². The molecule has 0 unspecified atom stereocenters. The van der Waals surface area contributed by atoms with Crippen LogP contribution >= 0.6 is 0 Å². The average Bonchev–Trinajstić information content (AvgIpc) is 3.71. The smallest absolute Gasteiger partial charge is 0.0562 e. The molecule has 2 heteroatoms. The minimum atomic E-state index is -0.129. The van der Waals surface area contributed by atoms with E-state index in [2.05, 4.69) is 230 Å². The molecule has 0 saturated heterocycles. The molecule has 0 aliphatic heterocycles. The van der Waals surface area contributed by atoms with Crippen molar-refractivity contribution in [2.24, 2.45) is 0 Å². The highest BCUT2D eigenvalue weighted by molar-refractivity contribution is 6.12. The van der Waals surface area contributed by atoms with E-state index in [4.69, 9.17) is 0 Å². The third-order valence-corrected chi connectivity index (χ3v) is 12.2. The van der Waals surface area contributed by atoms with Gasteiger partial charge in [0, 0.05) is 38.5 Å². The second-order valence-electron chi connectivity index (χ2n) is 15.7. The summed E-state index contributed by atoms with van der Waals surface area (Å²) in [5, 5.41) is 4.93. The fraction of sp³-hybridized carbons (Fsp3) is 0.0545. The number of para-hydroxylation sites is 2. The maximum absolute atomic E-state index is 2.48. The van der Waals surface area contributed by atoms with Crippen molar-refractivity contribution in [1.82, 2.24) is 4.57 Å². The van der Waals surface area contributed by atoms with Crippen LogP contribution in [0.4, 0.5) is 17.1 Å². The molecule has 2 nitrogen and oxygen atoms in total. The highest BCUT2D eigenvalue weighted by Crippen LogP contribution is 2.51. The van der Waals surface area contributed by atoms with Crippen molar-refractivity contribution in [2.75, 3.05) is 4.90 Å². The predicted molar refractivity (Wildman–Crippen MR) is 241 cm³/mol. The molecule has 0 N–H and O–H groups in total. The summed E-state index contributed by atoms with van der Waals surface area (Å²) in [7, 11) is 0. The van der Waals surface area contributed by atoms with E-state index in [0.717, 1.165) is 17.1 Å². The lowest BCUT2D eigenvalue weighted by molar-refractivity contribution is 0.660. The van der Waals surface area contributed by atoms with E-state index < -0.39 is 0 Å². The lowest BCUT2D eigenvalue weighted by Crippen LogP contribution is -2.17. The number of benzene rings is 9. The summed E-state index contributed by atoms with van der Waals surface area (Å²) < 4.78 is 2.48. The van der Waals surface area contributed by atoms with Gasteiger partial charge in [0.2, 0.25) is 0 Å². The second kappa shape index (κ2) is 13.0. The zero-order valence-electron chi connectivity index (χ0n) is 32.0. The lowest BCUT2D eigenvalue weighted by atomic mass is 9.82. The molecule has 10 aromatic rings. The van der Waals surface area contributed by atoms with Crippen LogP contribution in [0.1, 0.15) is 25.0 Å². The van der Waals surface area contributed by atoms with Gasteiger partial charge in [-0.3, -0.25) is 0 Å². The van der Waals surface area contributed by atoms with E-state index >= 15 is 0 Å². The first-order valence-corrected chi connectivity index (χ1v) is 19.9. The molecule has 1 aromatic heterocycles. The number of aromatic nitrogens is 1. The second-order valence-corrected chi connectivity index (χ2v) is 15.7. The van der Waals surface area contributed by atoms with Gasteiger partial charge in [0.1, 0.15) is 0 Å². The standard InChI is InChI=1S/C55H40N2/c1-55(2)49-26-14-11-23-44(49)45-31-29-39(35-50(45)55)56(51-27-15-12-21-42(51)38-19-7-4-8-20-38)40-30-32-48-47-25-13-16-28-52(47)57(54(48)36-40)53-34-33-41(37-17-5-3-6-18-37)43-22-9-10-24-46(43)53/h3-36H,1-2H3. The monoisotopic (exact) mass is 728 g/mol. The van der Waals surface area contributed by atoms with Crippen molar-refractivity contribution in [3.63, 3.8) is 0 Å². The Hall–Kier alpha value is -7.16. The van der Waals surface area contributed by atoms with Crippen LogP contribution in [0, 0.1) is 0 Å². The van der Waals surface area contributed by atoms with Crippen LogP contribution in [-0.2, 0) is 5.41 Å². The van der Waals surface area contributed by atoms with Crippen molar-refractivity contribution < 1.29 is 0 Å². The number of hydrogen-bond donors (Lipinski definition) is 0. The van der Waals surface area contributed by atoms with Gasteiger partial charge in [0.05, 0.1) is 22.4 Å². The molecular weight excluding hydrogens is 689 g/mol. The third kappa shape index (κ3) is 5.18. The van der Waals surface area contributed by atoms with E-state index in [1.165, 1.54) is 82.8 Å². The topological polar surface area (TPSA) is 8.17 Å². The first kappa shape index (κ1) is 33.2. The molecule has 0 saturated carbocycles. The van der Waals surface area contributed by atoms with Crippen LogP contribution in [-0.4, -0.2) is 4.57 Å². The van der Waals surface area contributed by atoms with E-state index in [-0.39, 0.29) is 5.41 Å². The van der Waals surface area contributed by atoms with Crippen LogP contribution in [0.25, 0.3) is 71.6 Å². The lowest BCUT2D eigenvalue weighted by Gasteiger charge is -2.30. The Morgan fingerprint density at radius 1 is 0.368 bits per heavy atom. The molecule has 57 heavy (non-hydrogen) atoms. The Labute approximate surface area is 333 Å². The Kier molecular flexibility index (Phi) is 7.55. The van der Waals surface area contributed by atoms with E-state index in [0.29, 0.717) is 0 Å². The van der Waals surface area contributed by atoms with Crippen LogP contribution < -0.4 is 4.90 Å². The molecule has 1 aliphatic rings. The molecule has 1 heterocycles. The van der Waals surface area contributed by atoms with E-state index in [1.54, 1.807) is 0 Å². The third-order valence-electron chi connectivity index (χ3n) is 12.2. The minimum absolute atomic E-state index is 0.129. The summed E-state index contributed by atoms with van der Waals surface area (Å²) in [6.07, 6.45) is 0. The normalized spacial score (nSPS) is 12.9. The Bertz CT molecular complexity index is 3150. The summed E-state index contributed by atoms with van der Waals surface area (Å²) in [5.74, 6) is 0. The Balaban J connectivity index is 1.18. The van der Waals surface area contributed by atoms with Crippen LogP contribution in [0.5, 0.6) is 0 Å². The number of hydrogen-bond acceptors (Lipinski definition) is 1. The summed E-state index contributed by atoms with van der Waals surface area (Å²) in [4.78, 5) is 2.47. The predicted octanol–water partition coefficient (Wildman–Crippen LogP) is 15.0. The minimum Gasteiger partial charge on any atom is -0.310 e. The molecule has 0 amide bonds. The quantitative estimate of drug-likeness (QED) is 0.165. The van der Waals surface area contributed by atoms with Crippen LogP contribution in [0.15, 0.2) is 206 Å². The van der Waals surface area contributed by atoms with Crippen molar-refractivity contribution in [1.29, 1.82) is 0 Å². The SMILES string of the molecule is CC1(C)c2ccccc2-c2ccc(N(c3ccc4c5ccccc5n(-c5ccc(-c6ccccc6)c6ccccc56)c4c3)c3ccccc3-c3ccccc3)cc21. The van der Waals surface area contributed by atoms with Gasteiger partial charge in [-0.25, -0.2) is 0 Å². The van der Waals surface area contributed by atoms with Crippen molar-refractivity contribution >= 4 is 49.6 Å². The number of fused-ring (bicyclic) bond motifs is 7. The fourth-order valence-electron chi connectivity index (χ4n) is 9.49. The van der Waals surface area contributed by atoms with Crippen LogP contribution in [0.2, 0.25) is 0 Å². The Morgan fingerprint density at radius 3 is 1.70 bits per heavy atom. The zero-order chi connectivity index (χ0) is 38.1. The largest absolute Gasteiger partial charge is 0.310 e. The highest BCUT2D eigenvalue weighted by Gasteiger charge is 2.36. The van der Waals surface area contributed by atoms with Gasteiger partial charge < -0.3 is 9.47 Å². The molecule has 0 fully saturated rings. The van der Waals surface area contributed by atoms with Gasteiger partial charge in [-0.15, -0.1) is 0 Å². The molecule has 270 valence electrons. The summed E-state index contributed by atoms with van der Waals surface area (Å²) in [6, 6.07) is 75.7. The molecule has 0 atom stereocenters. The first-order chi connectivity index (χ1) is 28.1. The molecule has 11 rings (SSSR count). The molecule has 1 aliphatic carbocycles. The number of nitrogens with zero attached hydrogens (tertiary/aromatic N) is 2. The van der Waals surface area contributed by atoms with Crippen molar-refractivity contribution in [3.8, 4) is 39.1 Å². The van der Waals surface area contributed by atoms with Crippen molar-refractivity contribution in [2.45, 2.75) is 19.3 Å². The van der Waals surface area contributed by atoms with Gasteiger partial charge in [-0.05, 0) is 86.8 Å². The molecule has 0 spiro atoms. The molecule has 9 aromatic carbocycles. The van der Waals surface area contributed by atoms with E-state index in [9.17, 15) is 0 Å². The average molecular weight is 729 g/mol. The molecule has 0 radical (unpaired) electrons. The van der Waals surface area contributed by atoms with Gasteiger partial charge in [-0.1, -0.05) is 178 Å².